The Morgan fingerprint density at radius 1 is 1.03 bits per heavy atom. The van der Waals surface area contributed by atoms with Crippen LogP contribution in [0.1, 0.15) is 71.8 Å². The monoisotopic (exact) mass is 500 g/mol. The number of aliphatic carboxylic acids is 1. The molecular formula is C31H32O6. The molecule has 6 heteroatoms. The summed E-state index contributed by atoms with van der Waals surface area (Å²) in [6.07, 6.45) is 1.76. The van der Waals surface area contributed by atoms with E-state index in [2.05, 4.69) is 26.0 Å². The van der Waals surface area contributed by atoms with Crippen LogP contribution in [0.4, 0.5) is 0 Å². The Morgan fingerprint density at radius 3 is 2.27 bits per heavy atom. The molecule has 0 saturated heterocycles. The van der Waals surface area contributed by atoms with Gasteiger partial charge in [-0.05, 0) is 91.8 Å². The van der Waals surface area contributed by atoms with E-state index in [9.17, 15) is 14.7 Å². The van der Waals surface area contributed by atoms with Gasteiger partial charge in [-0.25, -0.2) is 4.79 Å². The smallest absolute Gasteiger partial charge is 0.347 e. The minimum absolute atomic E-state index is 0.152. The quantitative estimate of drug-likeness (QED) is 0.340. The average Bonchev–Trinajstić information content (AvgIpc) is 3.14. The highest BCUT2D eigenvalue weighted by Crippen LogP contribution is 2.35. The van der Waals surface area contributed by atoms with E-state index < -0.39 is 11.6 Å². The summed E-state index contributed by atoms with van der Waals surface area (Å²) in [5, 5.41) is 9.37. The van der Waals surface area contributed by atoms with Crippen LogP contribution in [0, 0.1) is 13.8 Å². The highest BCUT2D eigenvalue weighted by Gasteiger charge is 2.31. The fourth-order valence-electron chi connectivity index (χ4n) is 4.14. The molecule has 1 heterocycles. The molecule has 0 radical (unpaired) electrons. The van der Waals surface area contributed by atoms with E-state index in [0.29, 0.717) is 35.3 Å². The fraction of sp³-hybridized carbons (Fsp3) is 0.290. The maximum absolute atomic E-state index is 12.8. The second-order valence-electron chi connectivity index (χ2n) is 10.2. The minimum Gasteiger partial charge on any atom is -0.489 e. The van der Waals surface area contributed by atoms with Crippen LogP contribution in [0.15, 0.2) is 60.4 Å². The van der Waals surface area contributed by atoms with Crippen LogP contribution in [0.5, 0.6) is 17.2 Å². The van der Waals surface area contributed by atoms with Gasteiger partial charge in [0.05, 0.1) is 5.56 Å². The van der Waals surface area contributed by atoms with E-state index in [-0.39, 0.29) is 11.5 Å². The van der Waals surface area contributed by atoms with Gasteiger partial charge in [-0.1, -0.05) is 38.1 Å². The molecule has 1 N–H and O–H groups in total. The zero-order valence-corrected chi connectivity index (χ0v) is 22.0. The van der Waals surface area contributed by atoms with Crippen LogP contribution in [0.3, 0.4) is 0 Å². The summed E-state index contributed by atoms with van der Waals surface area (Å²) in [6.45, 7) is 11.4. The molecule has 192 valence electrons. The third-order valence-corrected chi connectivity index (χ3v) is 6.34. The van der Waals surface area contributed by atoms with Gasteiger partial charge in [-0.3, -0.25) is 4.79 Å². The van der Waals surface area contributed by atoms with Crippen molar-refractivity contribution in [2.75, 3.05) is 0 Å². The molecule has 4 rings (SSSR count). The molecule has 37 heavy (non-hydrogen) atoms. The molecule has 1 aliphatic heterocycles. The van der Waals surface area contributed by atoms with Crippen molar-refractivity contribution in [3.8, 4) is 17.2 Å². The predicted molar refractivity (Wildman–Crippen MR) is 142 cm³/mol. The lowest BCUT2D eigenvalue weighted by molar-refractivity contribution is -0.152. The largest absolute Gasteiger partial charge is 0.489 e. The maximum atomic E-state index is 12.8. The van der Waals surface area contributed by atoms with E-state index in [4.69, 9.17) is 14.2 Å². The number of Topliss-reactive ketones (excluding diaryl/α,β-unsaturated/α-hetero) is 1. The molecule has 0 saturated carbocycles. The first-order valence-electron chi connectivity index (χ1n) is 12.3. The van der Waals surface area contributed by atoms with Crippen molar-refractivity contribution in [2.45, 2.75) is 59.7 Å². The average molecular weight is 501 g/mol. The molecule has 1 aliphatic rings. The highest BCUT2D eigenvalue weighted by molar-refractivity contribution is 6.14. The second-order valence-corrected chi connectivity index (χ2v) is 10.2. The summed E-state index contributed by atoms with van der Waals surface area (Å²) in [7, 11) is 0. The minimum atomic E-state index is -1.33. The number of carboxylic acid groups (broad SMARTS) is 1. The van der Waals surface area contributed by atoms with Gasteiger partial charge in [-0.15, -0.1) is 0 Å². The number of carboxylic acids is 1. The summed E-state index contributed by atoms with van der Waals surface area (Å²) >= 11 is 0. The van der Waals surface area contributed by atoms with E-state index in [1.165, 1.54) is 19.4 Å². The number of carbonyl (C=O) groups excluding carboxylic acids is 1. The summed E-state index contributed by atoms with van der Waals surface area (Å²) in [5.41, 5.74) is 3.88. The Bertz CT molecular complexity index is 1360. The van der Waals surface area contributed by atoms with Crippen LogP contribution in [-0.4, -0.2) is 22.5 Å². The Labute approximate surface area is 217 Å². The molecule has 3 aromatic carbocycles. The first-order chi connectivity index (χ1) is 17.4. The lowest BCUT2D eigenvalue weighted by Crippen LogP contribution is -2.38. The van der Waals surface area contributed by atoms with Gasteiger partial charge in [0, 0.05) is 6.07 Å². The Kier molecular flexibility index (Phi) is 7.12. The van der Waals surface area contributed by atoms with Gasteiger partial charge in [-0.2, -0.15) is 0 Å². The molecule has 3 aromatic rings. The SMILES string of the molecule is Cc1cc(COc2ccc3c(c2)O/C(=C\c2ccc(C(C)C)cc2)C3=O)cc(C)c1OC(C)(C)C(=O)O. The number of ether oxygens (including phenoxy) is 3. The van der Waals surface area contributed by atoms with E-state index in [1.54, 1.807) is 24.3 Å². The van der Waals surface area contributed by atoms with Crippen molar-refractivity contribution in [3.05, 3.63) is 93.7 Å². The van der Waals surface area contributed by atoms with Crippen molar-refractivity contribution < 1.29 is 28.9 Å². The maximum Gasteiger partial charge on any atom is 0.347 e. The number of benzene rings is 3. The van der Waals surface area contributed by atoms with Crippen LogP contribution < -0.4 is 14.2 Å². The molecule has 0 aromatic heterocycles. The summed E-state index contributed by atoms with van der Waals surface area (Å²) in [6, 6.07) is 17.1. The number of hydrogen-bond acceptors (Lipinski definition) is 5. The molecule has 0 atom stereocenters. The van der Waals surface area contributed by atoms with Crippen LogP contribution in [-0.2, 0) is 11.4 Å². The van der Waals surface area contributed by atoms with Crippen molar-refractivity contribution in [1.82, 2.24) is 0 Å². The zero-order valence-electron chi connectivity index (χ0n) is 22.0. The number of aryl methyl sites for hydroxylation is 2. The van der Waals surface area contributed by atoms with Crippen molar-refractivity contribution in [3.63, 3.8) is 0 Å². The topological polar surface area (TPSA) is 82.1 Å². The van der Waals surface area contributed by atoms with Crippen molar-refractivity contribution in [2.24, 2.45) is 0 Å². The lowest BCUT2D eigenvalue weighted by atomic mass is 10.0. The first-order valence-corrected chi connectivity index (χ1v) is 12.3. The number of ketones is 1. The fourth-order valence-corrected chi connectivity index (χ4v) is 4.14. The van der Waals surface area contributed by atoms with E-state index >= 15 is 0 Å². The molecule has 0 bridgehead atoms. The summed E-state index contributed by atoms with van der Waals surface area (Å²) < 4.78 is 17.6. The summed E-state index contributed by atoms with van der Waals surface area (Å²) in [4.78, 5) is 24.3. The number of hydrogen-bond donors (Lipinski definition) is 1. The Balaban J connectivity index is 1.45. The van der Waals surface area contributed by atoms with Crippen LogP contribution in [0.25, 0.3) is 6.08 Å². The summed E-state index contributed by atoms with van der Waals surface area (Å²) in [5.74, 6) is 1.15. The molecule has 0 spiro atoms. The molecular weight excluding hydrogens is 468 g/mol. The van der Waals surface area contributed by atoms with Gasteiger partial charge >= 0.3 is 5.97 Å². The third-order valence-electron chi connectivity index (χ3n) is 6.34. The standard InChI is InChI=1S/C31H32O6/c1-18(2)23-9-7-21(8-10-23)15-27-28(32)25-12-11-24(16-26(25)36-27)35-17-22-13-19(3)29(20(4)14-22)37-31(5,6)30(33)34/h7-16,18H,17H2,1-6H3,(H,33,34)/b27-15-. The Morgan fingerprint density at radius 2 is 1.68 bits per heavy atom. The molecule has 6 nitrogen and oxygen atoms in total. The number of allylic oxidation sites excluding steroid dienone is 1. The third kappa shape index (κ3) is 5.69. The number of carbonyl (C=O) groups is 2. The molecule has 0 unspecified atom stereocenters. The second kappa shape index (κ2) is 10.1. The lowest BCUT2D eigenvalue weighted by Gasteiger charge is -2.24. The van der Waals surface area contributed by atoms with Crippen LogP contribution >= 0.6 is 0 Å². The van der Waals surface area contributed by atoms with Crippen LogP contribution in [0.2, 0.25) is 0 Å². The normalized spacial score (nSPS) is 14.0. The van der Waals surface area contributed by atoms with Gasteiger partial charge in [0.1, 0.15) is 23.9 Å². The van der Waals surface area contributed by atoms with Crippen molar-refractivity contribution in [1.29, 1.82) is 0 Å². The Hall–Kier alpha value is -4.06. The number of rotatable bonds is 8. The van der Waals surface area contributed by atoms with E-state index in [0.717, 1.165) is 22.3 Å². The molecule has 0 amide bonds. The van der Waals surface area contributed by atoms with Gasteiger partial charge in [0.25, 0.3) is 0 Å². The van der Waals surface area contributed by atoms with Crippen molar-refractivity contribution >= 4 is 17.8 Å². The molecule has 0 fully saturated rings. The predicted octanol–water partition coefficient (Wildman–Crippen LogP) is 6.86. The number of fused-ring (bicyclic) bond motifs is 1. The van der Waals surface area contributed by atoms with Gasteiger partial charge < -0.3 is 19.3 Å². The molecule has 0 aliphatic carbocycles. The highest BCUT2D eigenvalue weighted by atomic mass is 16.5. The van der Waals surface area contributed by atoms with E-state index in [1.807, 2.05) is 38.1 Å². The van der Waals surface area contributed by atoms with Gasteiger partial charge in [0.15, 0.2) is 11.4 Å². The zero-order chi connectivity index (χ0) is 26.9. The first kappa shape index (κ1) is 26.0. The van der Waals surface area contributed by atoms with Gasteiger partial charge in [0.2, 0.25) is 5.78 Å².